The maximum absolute atomic E-state index is 12.8. The summed E-state index contributed by atoms with van der Waals surface area (Å²) >= 11 is 12.0. The van der Waals surface area contributed by atoms with Gasteiger partial charge in [-0.25, -0.2) is 0 Å². The number of carbonyl (C=O) groups excluding carboxylic acids is 2. The van der Waals surface area contributed by atoms with Gasteiger partial charge in [-0.15, -0.1) is 12.4 Å². The van der Waals surface area contributed by atoms with E-state index in [0.29, 0.717) is 52.4 Å². The van der Waals surface area contributed by atoms with Crippen molar-refractivity contribution in [3.63, 3.8) is 0 Å². The molecule has 7 nitrogen and oxygen atoms in total. The molecule has 0 saturated carbocycles. The van der Waals surface area contributed by atoms with Gasteiger partial charge in [-0.05, 0) is 59.5 Å². The van der Waals surface area contributed by atoms with Crippen LogP contribution in [0.1, 0.15) is 28.4 Å². The summed E-state index contributed by atoms with van der Waals surface area (Å²) < 4.78 is 16.7. The van der Waals surface area contributed by atoms with Gasteiger partial charge in [0.05, 0.1) is 22.8 Å². The molecule has 0 aromatic heterocycles. The Kier molecular flexibility index (Phi) is 7.95. The van der Waals surface area contributed by atoms with Gasteiger partial charge in [-0.1, -0.05) is 41.4 Å². The number of anilines is 1. The maximum atomic E-state index is 12.8. The molecule has 2 aliphatic heterocycles. The lowest BCUT2D eigenvalue weighted by Gasteiger charge is -2.30. The number of amides is 1. The van der Waals surface area contributed by atoms with Crippen LogP contribution in [0.5, 0.6) is 11.5 Å². The molecule has 2 unspecified atom stereocenters. The van der Waals surface area contributed by atoms with Crippen LogP contribution >= 0.6 is 35.6 Å². The summed E-state index contributed by atoms with van der Waals surface area (Å²) in [6.45, 7) is 0.842. The first-order valence-corrected chi connectivity index (χ1v) is 11.8. The fourth-order valence-electron chi connectivity index (χ4n) is 4.18. The van der Waals surface area contributed by atoms with Crippen molar-refractivity contribution < 1.29 is 23.8 Å². The van der Waals surface area contributed by atoms with Crippen LogP contribution in [-0.2, 0) is 33.9 Å². The summed E-state index contributed by atoms with van der Waals surface area (Å²) in [6.07, 6.45) is -0.304. The van der Waals surface area contributed by atoms with Gasteiger partial charge >= 0.3 is 5.97 Å². The molecule has 2 atom stereocenters. The normalized spacial score (nSPS) is 18.0. The van der Waals surface area contributed by atoms with Crippen LogP contribution < -0.4 is 20.1 Å². The Balaban J connectivity index is 0.00000304. The maximum Gasteiger partial charge on any atom is 0.323 e. The van der Waals surface area contributed by atoms with Crippen LogP contribution in [0.2, 0.25) is 10.0 Å². The predicted octanol–water partition coefficient (Wildman–Crippen LogP) is 5.25. The van der Waals surface area contributed by atoms with E-state index in [0.717, 1.165) is 16.7 Å². The van der Waals surface area contributed by atoms with Crippen LogP contribution in [0, 0.1) is 0 Å². The third kappa shape index (κ3) is 5.39. The van der Waals surface area contributed by atoms with Crippen LogP contribution in [0.3, 0.4) is 0 Å². The SMILES string of the molecule is COC(=O)C1Cc2cc3c(cc2CN1)OC(c1ccc(OCc2ccc(Cl)c(Cl)c2)cc1)C(=O)N3.Cl. The average molecular weight is 550 g/mol. The van der Waals surface area contributed by atoms with Gasteiger partial charge in [0, 0.05) is 12.1 Å². The first-order chi connectivity index (χ1) is 16.9. The molecule has 2 aliphatic rings. The highest BCUT2D eigenvalue weighted by Crippen LogP contribution is 2.38. The zero-order valence-corrected chi connectivity index (χ0v) is 21.5. The average Bonchev–Trinajstić information content (AvgIpc) is 2.87. The van der Waals surface area contributed by atoms with E-state index >= 15 is 0 Å². The quantitative estimate of drug-likeness (QED) is 0.423. The van der Waals surface area contributed by atoms with Crippen molar-refractivity contribution >= 4 is 53.2 Å². The number of fused-ring (bicyclic) bond motifs is 2. The zero-order chi connectivity index (χ0) is 24.5. The van der Waals surface area contributed by atoms with Crippen LogP contribution in [0.25, 0.3) is 0 Å². The Bertz CT molecular complexity index is 1300. The molecule has 0 bridgehead atoms. The summed E-state index contributed by atoms with van der Waals surface area (Å²) in [7, 11) is 1.37. The van der Waals surface area contributed by atoms with E-state index < -0.39 is 12.1 Å². The lowest BCUT2D eigenvalue weighted by atomic mass is 9.94. The van der Waals surface area contributed by atoms with E-state index in [-0.39, 0.29) is 24.3 Å². The molecule has 0 fully saturated rings. The highest BCUT2D eigenvalue weighted by Gasteiger charge is 2.32. The Morgan fingerprint density at radius 1 is 1.06 bits per heavy atom. The Morgan fingerprint density at radius 3 is 2.56 bits per heavy atom. The third-order valence-electron chi connectivity index (χ3n) is 6.06. The molecule has 0 aliphatic carbocycles. The van der Waals surface area contributed by atoms with E-state index in [4.69, 9.17) is 37.4 Å². The van der Waals surface area contributed by atoms with Crippen LogP contribution in [-0.4, -0.2) is 25.0 Å². The minimum Gasteiger partial charge on any atom is -0.489 e. The van der Waals surface area contributed by atoms with Crippen molar-refractivity contribution in [1.29, 1.82) is 0 Å². The molecular weight excluding hydrogens is 527 g/mol. The molecule has 2 N–H and O–H groups in total. The number of hydrogen-bond donors (Lipinski definition) is 2. The lowest BCUT2D eigenvalue weighted by Crippen LogP contribution is -2.42. The first-order valence-electron chi connectivity index (χ1n) is 11.0. The van der Waals surface area contributed by atoms with Gasteiger partial charge in [0.2, 0.25) is 6.10 Å². The van der Waals surface area contributed by atoms with Crippen molar-refractivity contribution in [2.45, 2.75) is 31.7 Å². The van der Waals surface area contributed by atoms with Gasteiger partial charge in [0.15, 0.2) is 0 Å². The minimum atomic E-state index is -0.788. The van der Waals surface area contributed by atoms with E-state index in [9.17, 15) is 9.59 Å². The second-order valence-electron chi connectivity index (χ2n) is 8.37. The van der Waals surface area contributed by atoms with E-state index in [1.165, 1.54) is 7.11 Å². The van der Waals surface area contributed by atoms with Crippen molar-refractivity contribution in [1.82, 2.24) is 5.32 Å². The van der Waals surface area contributed by atoms with Crippen LogP contribution in [0.15, 0.2) is 54.6 Å². The number of esters is 1. The molecule has 10 heteroatoms. The fourth-order valence-corrected chi connectivity index (χ4v) is 4.50. The number of rotatable bonds is 5. The highest BCUT2D eigenvalue weighted by atomic mass is 35.5. The molecule has 188 valence electrons. The highest BCUT2D eigenvalue weighted by molar-refractivity contribution is 6.42. The first kappa shape index (κ1) is 26.1. The Hall–Kier alpha value is -2.97. The van der Waals surface area contributed by atoms with E-state index in [1.54, 1.807) is 36.4 Å². The van der Waals surface area contributed by atoms with E-state index in [1.807, 2.05) is 18.2 Å². The van der Waals surface area contributed by atoms with Gasteiger partial charge in [-0.2, -0.15) is 0 Å². The second kappa shape index (κ2) is 11.0. The number of benzene rings is 3. The number of methoxy groups -OCH3 is 1. The fraction of sp³-hybridized carbons (Fsp3) is 0.231. The largest absolute Gasteiger partial charge is 0.489 e. The molecule has 3 aromatic rings. The van der Waals surface area contributed by atoms with Crippen molar-refractivity contribution in [3.8, 4) is 11.5 Å². The molecule has 3 aromatic carbocycles. The van der Waals surface area contributed by atoms with Gasteiger partial charge in [-0.3, -0.25) is 9.59 Å². The smallest absolute Gasteiger partial charge is 0.323 e. The number of nitrogens with one attached hydrogen (secondary N) is 2. The van der Waals surface area contributed by atoms with Crippen molar-refractivity contribution in [2.75, 3.05) is 12.4 Å². The van der Waals surface area contributed by atoms with E-state index in [2.05, 4.69) is 10.6 Å². The predicted molar refractivity (Wildman–Crippen MR) is 139 cm³/mol. The topological polar surface area (TPSA) is 85.9 Å². The monoisotopic (exact) mass is 548 g/mol. The van der Waals surface area contributed by atoms with Crippen molar-refractivity contribution in [2.24, 2.45) is 0 Å². The number of halogens is 3. The van der Waals surface area contributed by atoms with Gasteiger partial charge in [0.1, 0.15) is 24.1 Å². The molecule has 2 heterocycles. The zero-order valence-electron chi connectivity index (χ0n) is 19.2. The number of carbonyl (C=O) groups is 2. The standard InChI is InChI=1S/C26H22Cl2N2O5.ClH/c1-33-26(32)22-10-16-9-21-23(11-17(16)12-29-22)35-24(25(31)30-21)15-3-5-18(6-4-15)34-13-14-2-7-19(27)20(28)8-14;/h2-9,11,22,24,29H,10,12-13H2,1H3,(H,30,31);1H. The summed E-state index contributed by atoms with van der Waals surface area (Å²) in [5.74, 6) is 0.668. The van der Waals surface area contributed by atoms with Crippen molar-refractivity contribution in [3.05, 3.63) is 86.9 Å². The number of ether oxygens (including phenoxy) is 3. The molecule has 1 amide bonds. The van der Waals surface area contributed by atoms with Gasteiger partial charge < -0.3 is 24.8 Å². The minimum absolute atomic E-state index is 0. The summed E-state index contributed by atoms with van der Waals surface area (Å²) in [5, 5.41) is 7.08. The van der Waals surface area contributed by atoms with Crippen LogP contribution in [0.4, 0.5) is 5.69 Å². The molecule has 0 saturated heterocycles. The Morgan fingerprint density at radius 2 is 1.83 bits per heavy atom. The summed E-state index contributed by atoms with van der Waals surface area (Å²) in [6, 6.07) is 15.9. The molecular formula is C26H23Cl3N2O5. The third-order valence-corrected chi connectivity index (χ3v) is 6.80. The lowest BCUT2D eigenvalue weighted by molar-refractivity contribution is -0.143. The molecule has 36 heavy (non-hydrogen) atoms. The molecule has 0 radical (unpaired) electrons. The summed E-state index contributed by atoms with van der Waals surface area (Å²) in [5.41, 5.74) is 4.19. The second-order valence-corrected chi connectivity index (χ2v) is 9.19. The number of hydrogen-bond acceptors (Lipinski definition) is 6. The van der Waals surface area contributed by atoms with Gasteiger partial charge in [0.25, 0.3) is 5.91 Å². The Labute approximate surface area is 224 Å². The molecule has 0 spiro atoms. The molecule has 5 rings (SSSR count). The summed E-state index contributed by atoms with van der Waals surface area (Å²) in [4.78, 5) is 24.7.